The van der Waals surface area contributed by atoms with Crippen LogP contribution in [-0.2, 0) is 8.85 Å². The lowest BCUT2D eigenvalue weighted by Gasteiger charge is -2.32. The first kappa shape index (κ1) is 28.1. The van der Waals surface area contributed by atoms with Gasteiger partial charge in [0.2, 0.25) is 0 Å². The Labute approximate surface area is 179 Å². The van der Waals surface area contributed by atoms with E-state index in [4.69, 9.17) is 8.85 Å². The van der Waals surface area contributed by atoms with Gasteiger partial charge in [0.25, 0.3) is 0 Å². The minimum absolute atomic E-state index is 0.326. The molecule has 2 unspecified atom stereocenters. The van der Waals surface area contributed by atoms with Crippen molar-refractivity contribution in [3.63, 3.8) is 0 Å². The summed E-state index contributed by atoms with van der Waals surface area (Å²) < 4.78 is 12.8. The van der Waals surface area contributed by atoms with Crippen LogP contribution < -0.4 is 0 Å². The maximum Gasteiger partial charge on any atom is 0.335 e. The second kappa shape index (κ2) is 19.1. The Morgan fingerprint density at radius 3 is 1.18 bits per heavy atom. The molecule has 2 nitrogen and oxygen atoms in total. The third-order valence-electron chi connectivity index (χ3n) is 6.04. The molecule has 0 saturated heterocycles. The molecule has 0 aliphatic heterocycles. The molecule has 0 saturated carbocycles. The molecule has 3 heteroatoms. The van der Waals surface area contributed by atoms with Gasteiger partial charge in [-0.1, -0.05) is 111 Å². The molecule has 0 fully saturated rings. The third kappa shape index (κ3) is 17.0. The molecule has 0 aromatic heterocycles. The Kier molecular flexibility index (Phi) is 19.2. The maximum atomic E-state index is 6.39. The van der Waals surface area contributed by atoms with E-state index in [2.05, 4.69) is 41.2 Å². The topological polar surface area (TPSA) is 18.5 Å². The second-order valence-electron chi connectivity index (χ2n) is 9.15. The number of hydrogen-bond acceptors (Lipinski definition) is 2. The Hall–Kier alpha value is 0.137. The van der Waals surface area contributed by atoms with Crippen LogP contribution in [0.4, 0.5) is 0 Å². The SMILES string of the molecule is CCCCCCCCCCCCCCCC[Si](C)(OC(C)CC)OC(C)CC. The lowest BCUT2D eigenvalue weighted by Crippen LogP contribution is -2.43. The average Bonchev–Trinajstić information content (AvgIpc) is 2.67. The van der Waals surface area contributed by atoms with Crippen molar-refractivity contribution in [1.82, 2.24) is 0 Å². The molecule has 0 bridgehead atoms. The van der Waals surface area contributed by atoms with E-state index in [1.54, 1.807) is 0 Å². The van der Waals surface area contributed by atoms with Crippen LogP contribution in [0.2, 0.25) is 12.6 Å². The molecule has 0 N–H and O–H groups in total. The summed E-state index contributed by atoms with van der Waals surface area (Å²) in [6.07, 6.45) is 22.6. The molecule has 0 aliphatic rings. The molecule has 0 spiro atoms. The monoisotopic (exact) mass is 414 g/mol. The fourth-order valence-electron chi connectivity index (χ4n) is 3.80. The summed E-state index contributed by atoms with van der Waals surface area (Å²) in [6, 6.07) is 1.15. The van der Waals surface area contributed by atoms with Gasteiger partial charge in [-0.15, -0.1) is 0 Å². The summed E-state index contributed by atoms with van der Waals surface area (Å²) >= 11 is 0. The first-order valence-electron chi connectivity index (χ1n) is 12.8. The summed E-state index contributed by atoms with van der Waals surface area (Å²) in [5.41, 5.74) is 0. The molecule has 0 heterocycles. The Bertz CT molecular complexity index is 310. The van der Waals surface area contributed by atoms with Gasteiger partial charge in [0, 0.05) is 12.2 Å². The fourth-order valence-corrected chi connectivity index (χ4v) is 7.02. The molecule has 0 aromatic carbocycles. The van der Waals surface area contributed by atoms with Gasteiger partial charge in [-0.25, -0.2) is 0 Å². The van der Waals surface area contributed by atoms with E-state index in [1.165, 1.54) is 89.9 Å². The first-order valence-corrected chi connectivity index (χ1v) is 15.3. The molecule has 0 aromatic rings. The number of unbranched alkanes of at least 4 members (excludes halogenated alkanes) is 13. The van der Waals surface area contributed by atoms with Gasteiger partial charge >= 0.3 is 8.56 Å². The highest BCUT2D eigenvalue weighted by Crippen LogP contribution is 2.24. The van der Waals surface area contributed by atoms with Crippen molar-refractivity contribution in [2.24, 2.45) is 0 Å². The lowest BCUT2D eigenvalue weighted by atomic mass is 10.0. The van der Waals surface area contributed by atoms with Crippen LogP contribution in [-0.4, -0.2) is 20.8 Å². The van der Waals surface area contributed by atoms with Gasteiger partial charge in [0.05, 0.1) is 0 Å². The van der Waals surface area contributed by atoms with Gasteiger partial charge in [0.1, 0.15) is 0 Å². The van der Waals surface area contributed by atoms with Crippen molar-refractivity contribution in [3.05, 3.63) is 0 Å². The van der Waals surface area contributed by atoms with E-state index in [0.717, 1.165) is 18.9 Å². The minimum atomic E-state index is -2.02. The highest BCUT2D eigenvalue weighted by atomic mass is 28.4. The lowest BCUT2D eigenvalue weighted by molar-refractivity contribution is 0.0907. The Balaban J connectivity index is 3.68. The normalized spacial score (nSPS) is 16.1. The molecule has 2 atom stereocenters. The van der Waals surface area contributed by atoms with Crippen LogP contribution >= 0.6 is 0 Å². The van der Waals surface area contributed by atoms with Crippen molar-refractivity contribution >= 4 is 8.56 Å². The Morgan fingerprint density at radius 1 is 0.536 bits per heavy atom. The van der Waals surface area contributed by atoms with Crippen LogP contribution in [0.15, 0.2) is 0 Å². The number of hydrogen-bond donors (Lipinski definition) is 0. The van der Waals surface area contributed by atoms with Gasteiger partial charge < -0.3 is 8.85 Å². The predicted molar refractivity (Wildman–Crippen MR) is 128 cm³/mol. The van der Waals surface area contributed by atoms with Crippen molar-refractivity contribution in [2.45, 2.75) is 162 Å². The third-order valence-corrected chi connectivity index (χ3v) is 9.10. The fraction of sp³-hybridized carbons (Fsp3) is 1.00. The summed E-state index contributed by atoms with van der Waals surface area (Å²) in [5, 5.41) is 0. The van der Waals surface area contributed by atoms with Gasteiger partial charge in [-0.3, -0.25) is 0 Å². The molecule has 28 heavy (non-hydrogen) atoms. The molecule has 0 rings (SSSR count). The average molecular weight is 415 g/mol. The molecule has 170 valence electrons. The van der Waals surface area contributed by atoms with E-state index in [0.29, 0.717) is 12.2 Å². The second-order valence-corrected chi connectivity index (χ2v) is 12.4. The van der Waals surface area contributed by atoms with Crippen LogP contribution in [0.3, 0.4) is 0 Å². The van der Waals surface area contributed by atoms with E-state index in [1.807, 2.05) is 0 Å². The van der Waals surface area contributed by atoms with Crippen LogP contribution in [0.5, 0.6) is 0 Å². The molecular weight excluding hydrogens is 360 g/mol. The van der Waals surface area contributed by atoms with Crippen LogP contribution in [0.25, 0.3) is 0 Å². The zero-order valence-corrected chi connectivity index (χ0v) is 21.5. The van der Waals surface area contributed by atoms with E-state index >= 15 is 0 Å². The van der Waals surface area contributed by atoms with Crippen molar-refractivity contribution in [3.8, 4) is 0 Å². The standard InChI is InChI=1S/C25H54O2Si/c1-7-10-11-12-13-14-15-16-17-18-19-20-21-22-23-28(6,26-24(4)8-2)27-25(5)9-3/h24-25H,7-23H2,1-6H3. The summed E-state index contributed by atoms with van der Waals surface area (Å²) in [6.45, 7) is 13.4. The van der Waals surface area contributed by atoms with Crippen molar-refractivity contribution in [1.29, 1.82) is 0 Å². The summed E-state index contributed by atoms with van der Waals surface area (Å²) in [5.74, 6) is 0. The quantitative estimate of drug-likeness (QED) is 0.138. The highest BCUT2D eigenvalue weighted by Gasteiger charge is 2.34. The van der Waals surface area contributed by atoms with E-state index < -0.39 is 8.56 Å². The highest BCUT2D eigenvalue weighted by molar-refractivity contribution is 6.66. The largest absolute Gasteiger partial charge is 0.392 e. The smallest absolute Gasteiger partial charge is 0.335 e. The zero-order chi connectivity index (χ0) is 21.1. The predicted octanol–water partition coefficient (Wildman–Crippen LogP) is 9.17. The maximum absolute atomic E-state index is 6.39. The molecule has 0 radical (unpaired) electrons. The van der Waals surface area contributed by atoms with Crippen LogP contribution in [0, 0.1) is 0 Å². The van der Waals surface area contributed by atoms with Gasteiger partial charge in [0.15, 0.2) is 0 Å². The number of rotatable bonds is 21. The summed E-state index contributed by atoms with van der Waals surface area (Å²) in [4.78, 5) is 0. The minimum Gasteiger partial charge on any atom is -0.392 e. The van der Waals surface area contributed by atoms with Gasteiger partial charge in [-0.2, -0.15) is 0 Å². The molecule has 0 aliphatic carbocycles. The summed E-state index contributed by atoms with van der Waals surface area (Å²) in [7, 11) is -2.02. The van der Waals surface area contributed by atoms with Crippen molar-refractivity contribution < 1.29 is 8.85 Å². The van der Waals surface area contributed by atoms with Gasteiger partial charge in [-0.05, 0) is 39.3 Å². The molecular formula is C25H54O2Si. The van der Waals surface area contributed by atoms with E-state index in [9.17, 15) is 0 Å². The molecule has 0 amide bonds. The van der Waals surface area contributed by atoms with Crippen molar-refractivity contribution in [2.75, 3.05) is 0 Å². The first-order chi connectivity index (χ1) is 13.5. The van der Waals surface area contributed by atoms with Crippen LogP contribution in [0.1, 0.15) is 137 Å². The zero-order valence-electron chi connectivity index (χ0n) is 20.5. The van der Waals surface area contributed by atoms with E-state index in [-0.39, 0.29) is 0 Å². The Morgan fingerprint density at radius 2 is 0.857 bits per heavy atom.